The van der Waals surface area contributed by atoms with Crippen LogP contribution < -0.4 is 10.1 Å². The van der Waals surface area contributed by atoms with Crippen LogP contribution in [0.3, 0.4) is 0 Å². The predicted molar refractivity (Wildman–Crippen MR) is 67.1 cm³/mol. The zero-order valence-electron chi connectivity index (χ0n) is 10.9. The van der Waals surface area contributed by atoms with E-state index in [2.05, 4.69) is 25.3 Å². The van der Waals surface area contributed by atoms with Gasteiger partial charge in [0.15, 0.2) is 0 Å². The van der Waals surface area contributed by atoms with Gasteiger partial charge in [-0.05, 0) is 20.8 Å². The maximum absolute atomic E-state index is 5.07. The van der Waals surface area contributed by atoms with Crippen LogP contribution in [0.15, 0.2) is 6.33 Å². The van der Waals surface area contributed by atoms with Crippen LogP contribution in [0.1, 0.15) is 18.3 Å². The van der Waals surface area contributed by atoms with Gasteiger partial charge >= 0.3 is 6.01 Å². The lowest BCUT2D eigenvalue weighted by Gasteiger charge is -2.08. The number of hydrogen-bond donors (Lipinski definition) is 1. The van der Waals surface area contributed by atoms with Crippen LogP contribution in [0, 0.1) is 13.8 Å². The summed E-state index contributed by atoms with van der Waals surface area (Å²) in [7, 11) is 1.53. The Bertz CT molecular complexity index is 550. The number of hydrogen-bond acceptors (Lipinski definition) is 6. The maximum atomic E-state index is 5.07. The van der Waals surface area contributed by atoms with Crippen LogP contribution in [0.5, 0.6) is 6.01 Å². The Hall–Kier alpha value is -2.18. The van der Waals surface area contributed by atoms with E-state index in [-0.39, 0.29) is 6.01 Å². The summed E-state index contributed by atoms with van der Waals surface area (Å²) in [6, 6.07) is 0.279. The van der Waals surface area contributed by atoms with Crippen LogP contribution in [0.25, 0.3) is 5.95 Å². The molecule has 0 spiro atoms. The molecule has 0 amide bonds. The normalized spacial score (nSPS) is 10.4. The van der Waals surface area contributed by atoms with Gasteiger partial charge in [-0.2, -0.15) is 15.0 Å². The van der Waals surface area contributed by atoms with Gasteiger partial charge in [0.05, 0.1) is 12.8 Å². The number of anilines is 1. The van der Waals surface area contributed by atoms with Crippen LogP contribution in [-0.4, -0.2) is 38.2 Å². The Labute approximate surface area is 105 Å². The molecule has 0 radical (unpaired) electrons. The maximum Gasteiger partial charge on any atom is 0.322 e. The molecule has 0 atom stereocenters. The molecule has 0 bridgehead atoms. The highest BCUT2D eigenvalue weighted by atomic mass is 16.5. The highest BCUT2D eigenvalue weighted by molar-refractivity contribution is 5.32. The van der Waals surface area contributed by atoms with E-state index in [4.69, 9.17) is 4.74 Å². The quantitative estimate of drug-likeness (QED) is 0.873. The third-order valence-corrected chi connectivity index (χ3v) is 2.59. The lowest BCUT2D eigenvalue weighted by molar-refractivity contribution is 0.378. The molecular formula is C11H16N6O. The van der Waals surface area contributed by atoms with Crippen LogP contribution >= 0.6 is 0 Å². The Morgan fingerprint density at radius 3 is 2.61 bits per heavy atom. The third kappa shape index (κ3) is 2.24. The van der Waals surface area contributed by atoms with Crippen LogP contribution in [0.2, 0.25) is 0 Å². The minimum atomic E-state index is 0.279. The van der Waals surface area contributed by atoms with Crippen LogP contribution in [0.4, 0.5) is 5.95 Å². The van der Waals surface area contributed by atoms with E-state index in [1.807, 2.05) is 20.8 Å². The topological polar surface area (TPSA) is 77.8 Å². The van der Waals surface area contributed by atoms with Gasteiger partial charge in [0.2, 0.25) is 11.9 Å². The van der Waals surface area contributed by atoms with Gasteiger partial charge in [0.25, 0.3) is 0 Å². The lowest BCUT2D eigenvalue weighted by atomic mass is 10.4. The summed E-state index contributed by atoms with van der Waals surface area (Å²) >= 11 is 0. The molecular weight excluding hydrogens is 232 g/mol. The number of ether oxygens (including phenoxy) is 1. The monoisotopic (exact) mass is 248 g/mol. The number of imidazole rings is 1. The zero-order valence-corrected chi connectivity index (χ0v) is 10.9. The second-order valence-electron chi connectivity index (χ2n) is 3.76. The summed E-state index contributed by atoms with van der Waals surface area (Å²) < 4.78 is 6.88. The zero-order chi connectivity index (χ0) is 13.1. The number of aryl methyl sites for hydroxylation is 1. The molecule has 1 N–H and O–H groups in total. The summed E-state index contributed by atoms with van der Waals surface area (Å²) in [6.45, 7) is 6.61. The Morgan fingerprint density at radius 2 is 2.06 bits per heavy atom. The van der Waals surface area contributed by atoms with Crippen molar-refractivity contribution in [3.05, 3.63) is 17.7 Å². The molecule has 0 aliphatic carbocycles. The first-order chi connectivity index (χ1) is 8.65. The fourth-order valence-corrected chi connectivity index (χ4v) is 1.48. The minimum absolute atomic E-state index is 0.279. The lowest BCUT2D eigenvalue weighted by Crippen LogP contribution is -2.10. The van der Waals surface area contributed by atoms with Crippen molar-refractivity contribution in [1.29, 1.82) is 0 Å². The van der Waals surface area contributed by atoms with Gasteiger partial charge in [-0.15, -0.1) is 0 Å². The molecule has 0 saturated carbocycles. The molecule has 0 aliphatic rings. The molecule has 2 aromatic heterocycles. The number of aromatic nitrogens is 5. The summed E-state index contributed by atoms with van der Waals surface area (Å²) in [5.41, 5.74) is 1.94. The van der Waals surface area contributed by atoms with Crippen molar-refractivity contribution < 1.29 is 4.74 Å². The summed E-state index contributed by atoms with van der Waals surface area (Å²) in [4.78, 5) is 16.9. The predicted octanol–water partition coefficient (Wildman–Crippen LogP) is 1.11. The Balaban J connectivity index is 2.49. The van der Waals surface area contributed by atoms with E-state index >= 15 is 0 Å². The molecule has 7 heteroatoms. The van der Waals surface area contributed by atoms with E-state index in [9.17, 15) is 0 Å². The van der Waals surface area contributed by atoms with Gasteiger partial charge in [-0.25, -0.2) is 4.98 Å². The smallest absolute Gasteiger partial charge is 0.322 e. The van der Waals surface area contributed by atoms with Gasteiger partial charge in [-0.3, -0.25) is 4.57 Å². The molecule has 2 aromatic rings. The van der Waals surface area contributed by atoms with E-state index in [0.29, 0.717) is 11.9 Å². The van der Waals surface area contributed by atoms with Gasteiger partial charge in [0, 0.05) is 12.2 Å². The van der Waals surface area contributed by atoms with E-state index < -0.39 is 0 Å². The standard InChI is InChI=1S/C11H16N6O/c1-5-12-9-14-10(16-11(15-9)18-4)17-6-13-7(2)8(17)3/h6H,5H2,1-4H3,(H,12,14,15,16). The van der Waals surface area contributed by atoms with Crippen molar-refractivity contribution in [2.24, 2.45) is 0 Å². The largest absolute Gasteiger partial charge is 0.467 e. The first kappa shape index (κ1) is 12.3. The number of nitrogens with one attached hydrogen (secondary N) is 1. The van der Waals surface area contributed by atoms with Crippen molar-refractivity contribution >= 4 is 5.95 Å². The second kappa shape index (κ2) is 4.99. The summed E-state index contributed by atoms with van der Waals surface area (Å²) in [6.07, 6.45) is 1.69. The molecule has 96 valence electrons. The molecule has 0 aromatic carbocycles. The van der Waals surface area contributed by atoms with Crippen LogP contribution in [-0.2, 0) is 0 Å². The molecule has 0 fully saturated rings. The van der Waals surface area contributed by atoms with E-state index in [1.165, 1.54) is 7.11 Å². The summed E-state index contributed by atoms with van der Waals surface area (Å²) in [5.74, 6) is 0.987. The summed E-state index contributed by atoms with van der Waals surface area (Å²) in [5, 5.41) is 3.04. The minimum Gasteiger partial charge on any atom is -0.467 e. The molecule has 0 aliphatic heterocycles. The SMILES string of the molecule is CCNc1nc(OC)nc(-n2cnc(C)c2C)n1. The first-order valence-corrected chi connectivity index (χ1v) is 5.70. The highest BCUT2D eigenvalue weighted by Gasteiger charge is 2.11. The van der Waals surface area contributed by atoms with Crippen molar-refractivity contribution in [1.82, 2.24) is 24.5 Å². The second-order valence-corrected chi connectivity index (χ2v) is 3.76. The van der Waals surface area contributed by atoms with Crippen molar-refractivity contribution in [2.75, 3.05) is 19.0 Å². The van der Waals surface area contributed by atoms with Crippen molar-refractivity contribution in [3.8, 4) is 12.0 Å². The average Bonchev–Trinajstić information content (AvgIpc) is 2.70. The van der Waals surface area contributed by atoms with Gasteiger partial charge in [0.1, 0.15) is 6.33 Å². The van der Waals surface area contributed by atoms with Crippen molar-refractivity contribution in [2.45, 2.75) is 20.8 Å². The first-order valence-electron chi connectivity index (χ1n) is 5.70. The average molecular weight is 248 g/mol. The van der Waals surface area contributed by atoms with Crippen molar-refractivity contribution in [3.63, 3.8) is 0 Å². The van der Waals surface area contributed by atoms with E-state index in [1.54, 1.807) is 10.9 Å². The molecule has 0 unspecified atom stereocenters. The highest BCUT2D eigenvalue weighted by Crippen LogP contribution is 2.14. The fraction of sp³-hybridized carbons (Fsp3) is 0.455. The Kier molecular flexibility index (Phi) is 3.40. The number of methoxy groups -OCH3 is 1. The van der Waals surface area contributed by atoms with E-state index in [0.717, 1.165) is 17.9 Å². The molecule has 2 heterocycles. The Morgan fingerprint density at radius 1 is 1.28 bits per heavy atom. The molecule has 7 nitrogen and oxygen atoms in total. The fourth-order valence-electron chi connectivity index (χ4n) is 1.48. The molecule has 0 saturated heterocycles. The number of nitrogens with zero attached hydrogens (tertiary/aromatic N) is 5. The number of rotatable bonds is 4. The van der Waals surface area contributed by atoms with Gasteiger partial charge < -0.3 is 10.1 Å². The van der Waals surface area contributed by atoms with Gasteiger partial charge in [-0.1, -0.05) is 0 Å². The molecule has 2 rings (SSSR count). The third-order valence-electron chi connectivity index (χ3n) is 2.59. The molecule has 18 heavy (non-hydrogen) atoms.